The number of aliphatic carboxylic acids is 1. The SMILES string of the molecule is CC(c1ccccc1)S(=O)(=O)N[C@@H](C)C(=O)O. The first-order valence-electron chi connectivity index (χ1n) is 5.13. The highest BCUT2D eigenvalue weighted by Gasteiger charge is 2.26. The summed E-state index contributed by atoms with van der Waals surface area (Å²) >= 11 is 0. The molecule has 0 aliphatic carbocycles. The van der Waals surface area contributed by atoms with Crippen LogP contribution in [0.25, 0.3) is 0 Å². The van der Waals surface area contributed by atoms with Crippen LogP contribution in [0, 0.1) is 0 Å². The number of hydrogen-bond acceptors (Lipinski definition) is 3. The van der Waals surface area contributed by atoms with E-state index in [1.54, 1.807) is 30.3 Å². The summed E-state index contributed by atoms with van der Waals surface area (Å²) in [5, 5.41) is 7.88. The minimum absolute atomic E-state index is 0.623. The highest BCUT2D eigenvalue weighted by Crippen LogP contribution is 2.20. The molecule has 0 saturated heterocycles. The number of rotatable bonds is 5. The Morgan fingerprint density at radius 3 is 2.24 bits per heavy atom. The largest absolute Gasteiger partial charge is 0.480 e. The Balaban J connectivity index is 2.88. The third kappa shape index (κ3) is 3.54. The van der Waals surface area contributed by atoms with E-state index in [0.717, 1.165) is 0 Å². The monoisotopic (exact) mass is 257 g/mol. The van der Waals surface area contributed by atoms with Gasteiger partial charge in [-0.25, -0.2) is 13.1 Å². The van der Waals surface area contributed by atoms with Crippen LogP contribution in [-0.4, -0.2) is 25.5 Å². The third-order valence-electron chi connectivity index (χ3n) is 2.45. The maximum absolute atomic E-state index is 11.9. The summed E-state index contributed by atoms with van der Waals surface area (Å²) in [4.78, 5) is 10.6. The van der Waals surface area contributed by atoms with E-state index in [9.17, 15) is 13.2 Å². The second-order valence-corrected chi connectivity index (χ2v) is 5.81. The molecule has 94 valence electrons. The second-order valence-electron chi connectivity index (χ2n) is 3.78. The van der Waals surface area contributed by atoms with Gasteiger partial charge in [0.15, 0.2) is 0 Å². The predicted octanol–water partition coefficient (Wildman–Crippen LogP) is 1.14. The van der Waals surface area contributed by atoms with Crippen molar-refractivity contribution >= 4 is 16.0 Å². The second kappa shape index (κ2) is 5.29. The molecule has 0 radical (unpaired) electrons. The smallest absolute Gasteiger partial charge is 0.321 e. The maximum atomic E-state index is 11.9. The molecule has 0 fully saturated rings. The van der Waals surface area contributed by atoms with Crippen LogP contribution >= 0.6 is 0 Å². The fraction of sp³-hybridized carbons (Fsp3) is 0.364. The molecule has 0 amide bonds. The molecule has 5 nitrogen and oxygen atoms in total. The number of carboxylic acid groups (broad SMARTS) is 1. The van der Waals surface area contributed by atoms with Gasteiger partial charge in [-0.3, -0.25) is 4.79 Å². The Morgan fingerprint density at radius 2 is 1.76 bits per heavy atom. The lowest BCUT2D eigenvalue weighted by Crippen LogP contribution is -2.40. The fourth-order valence-electron chi connectivity index (χ4n) is 1.30. The van der Waals surface area contributed by atoms with Gasteiger partial charge in [-0.05, 0) is 19.4 Å². The predicted molar refractivity (Wildman–Crippen MR) is 64.0 cm³/mol. The van der Waals surface area contributed by atoms with E-state index in [1.165, 1.54) is 13.8 Å². The van der Waals surface area contributed by atoms with Crippen LogP contribution < -0.4 is 4.72 Å². The van der Waals surface area contributed by atoms with Gasteiger partial charge in [-0.15, -0.1) is 0 Å². The van der Waals surface area contributed by atoms with Crippen molar-refractivity contribution in [3.8, 4) is 0 Å². The van der Waals surface area contributed by atoms with Gasteiger partial charge in [-0.1, -0.05) is 30.3 Å². The summed E-state index contributed by atoms with van der Waals surface area (Å²) in [5.41, 5.74) is 0.623. The van der Waals surface area contributed by atoms with Crippen LogP contribution in [0.15, 0.2) is 30.3 Å². The Labute approximate surface area is 101 Å². The minimum Gasteiger partial charge on any atom is -0.480 e. The van der Waals surface area contributed by atoms with Gasteiger partial charge >= 0.3 is 5.97 Å². The van der Waals surface area contributed by atoms with Crippen LogP contribution in [0.2, 0.25) is 0 Å². The van der Waals surface area contributed by atoms with Gasteiger partial charge in [0.25, 0.3) is 0 Å². The van der Waals surface area contributed by atoms with Crippen molar-refractivity contribution in [3.63, 3.8) is 0 Å². The molecule has 1 aromatic carbocycles. The van der Waals surface area contributed by atoms with Gasteiger partial charge in [0.1, 0.15) is 6.04 Å². The van der Waals surface area contributed by atoms with Crippen LogP contribution in [0.1, 0.15) is 24.7 Å². The lowest BCUT2D eigenvalue weighted by molar-refractivity contribution is -0.138. The molecule has 0 aromatic heterocycles. The van der Waals surface area contributed by atoms with E-state index in [2.05, 4.69) is 4.72 Å². The highest BCUT2D eigenvalue weighted by atomic mass is 32.2. The molecule has 2 N–H and O–H groups in total. The molecular weight excluding hydrogens is 242 g/mol. The molecule has 0 aliphatic rings. The number of carbonyl (C=O) groups is 1. The molecule has 1 aromatic rings. The zero-order valence-electron chi connectivity index (χ0n) is 9.62. The first kappa shape index (κ1) is 13.7. The van der Waals surface area contributed by atoms with Crippen molar-refractivity contribution in [1.29, 1.82) is 0 Å². The van der Waals surface area contributed by atoms with E-state index >= 15 is 0 Å². The average molecular weight is 257 g/mol. The van der Waals surface area contributed by atoms with Crippen molar-refractivity contribution in [2.75, 3.05) is 0 Å². The van der Waals surface area contributed by atoms with Crippen molar-refractivity contribution in [2.24, 2.45) is 0 Å². The molecular formula is C11H15NO4S. The Morgan fingerprint density at radius 1 is 1.24 bits per heavy atom. The lowest BCUT2D eigenvalue weighted by atomic mass is 10.2. The van der Waals surface area contributed by atoms with Gasteiger partial charge in [-0.2, -0.15) is 0 Å². The summed E-state index contributed by atoms with van der Waals surface area (Å²) in [6, 6.07) is 7.51. The zero-order valence-corrected chi connectivity index (χ0v) is 10.4. The molecule has 1 rings (SSSR count). The van der Waals surface area contributed by atoms with E-state index in [-0.39, 0.29) is 0 Å². The van der Waals surface area contributed by atoms with Crippen LogP contribution in [0.3, 0.4) is 0 Å². The summed E-state index contributed by atoms with van der Waals surface area (Å²) in [5.74, 6) is -1.20. The molecule has 0 heterocycles. The quantitative estimate of drug-likeness (QED) is 0.828. The molecule has 6 heteroatoms. The Hall–Kier alpha value is -1.40. The van der Waals surface area contributed by atoms with E-state index in [1.807, 2.05) is 0 Å². The van der Waals surface area contributed by atoms with Crippen LogP contribution in [-0.2, 0) is 14.8 Å². The number of carboxylic acids is 1. The summed E-state index contributed by atoms with van der Waals surface area (Å²) in [6.07, 6.45) is 0. The molecule has 0 bridgehead atoms. The van der Waals surface area contributed by atoms with Gasteiger partial charge < -0.3 is 5.11 Å². The molecule has 1 unspecified atom stereocenters. The van der Waals surface area contributed by atoms with Crippen LogP contribution in [0.4, 0.5) is 0 Å². The molecule has 0 saturated carbocycles. The summed E-state index contributed by atoms with van der Waals surface area (Å²) < 4.78 is 25.9. The summed E-state index contributed by atoms with van der Waals surface area (Å²) in [7, 11) is -3.69. The van der Waals surface area contributed by atoms with E-state index in [0.29, 0.717) is 5.56 Å². The maximum Gasteiger partial charge on any atom is 0.321 e. The standard InChI is InChI=1S/C11H15NO4S/c1-8(11(13)14)12-17(15,16)9(2)10-6-4-3-5-7-10/h3-9,12H,1-2H3,(H,13,14)/t8-,9?/m0/s1. The van der Waals surface area contributed by atoms with Crippen LogP contribution in [0.5, 0.6) is 0 Å². The number of sulfonamides is 1. The first-order chi connectivity index (χ1) is 7.84. The van der Waals surface area contributed by atoms with E-state index in [4.69, 9.17) is 5.11 Å². The molecule has 0 spiro atoms. The number of nitrogens with one attached hydrogen (secondary N) is 1. The normalized spacial score (nSPS) is 15.2. The lowest BCUT2D eigenvalue weighted by Gasteiger charge is -2.16. The highest BCUT2D eigenvalue weighted by molar-refractivity contribution is 7.89. The molecule has 2 atom stereocenters. The van der Waals surface area contributed by atoms with Crippen molar-refractivity contribution in [1.82, 2.24) is 4.72 Å². The Bertz CT molecular complexity index is 483. The van der Waals surface area contributed by atoms with Crippen molar-refractivity contribution < 1.29 is 18.3 Å². The molecule has 17 heavy (non-hydrogen) atoms. The number of hydrogen-bond donors (Lipinski definition) is 2. The van der Waals surface area contributed by atoms with Gasteiger partial charge in [0.2, 0.25) is 10.0 Å². The summed E-state index contributed by atoms with van der Waals surface area (Å²) in [6.45, 7) is 2.81. The zero-order chi connectivity index (χ0) is 13.1. The Kier molecular flexibility index (Phi) is 4.25. The molecule has 0 aliphatic heterocycles. The van der Waals surface area contributed by atoms with E-state index < -0.39 is 27.3 Å². The minimum atomic E-state index is -3.69. The van der Waals surface area contributed by atoms with Gasteiger partial charge in [0.05, 0.1) is 5.25 Å². The number of benzene rings is 1. The van der Waals surface area contributed by atoms with Crippen molar-refractivity contribution in [2.45, 2.75) is 25.1 Å². The van der Waals surface area contributed by atoms with Crippen molar-refractivity contribution in [3.05, 3.63) is 35.9 Å². The fourth-order valence-corrected chi connectivity index (χ4v) is 2.62. The third-order valence-corrected chi connectivity index (χ3v) is 4.33. The topological polar surface area (TPSA) is 83.5 Å². The van der Waals surface area contributed by atoms with Gasteiger partial charge in [0, 0.05) is 0 Å². The average Bonchev–Trinajstić information content (AvgIpc) is 2.28. The first-order valence-corrected chi connectivity index (χ1v) is 6.68.